The van der Waals surface area contributed by atoms with Gasteiger partial charge in [0.1, 0.15) is 6.04 Å². The summed E-state index contributed by atoms with van der Waals surface area (Å²) in [7, 11) is 0. The van der Waals surface area contributed by atoms with Crippen LogP contribution in [-0.2, 0) is 19.2 Å². The van der Waals surface area contributed by atoms with Gasteiger partial charge in [-0.15, -0.1) is 0 Å². The summed E-state index contributed by atoms with van der Waals surface area (Å²) < 4.78 is -1.27. The Morgan fingerprint density at radius 3 is 1.29 bits per heavy atom. The summed E-state index contributed by atoms with van der Waals surface area (Å²) in [6.45, 7) is -3.77. The van der Waals surface area contributed by atoms with Gasteiger partial charge in [0.25, 0.3) is 0 Å². The predicted molar refractivity (Wildman–Crippen MR) is 84.7 cm³/mol. The van der Waals surface area contributed by atoms with Crippen LogP contribution in [0.5, 0.6) is 0 Å². The van der Waals surface area contributed by atoms with E-state index < -0.39 is 67.1 Å². The first kappa shape index (κ1) is 35.8. The Bertz CT molecular complexity index is 382. The molecule has 14 heteroatoms. The second-order valence-electron chi connectivity index (χ2n) is 4.22. The van der Waals surface area contributed by atoms with Gasteiger partial charge in [0.05, 0.1) is 5.97 Å². The van der Waals surface area contributed by atoms with Crippen molar-refractivity contribution in [1.29, 1.82) is 0 Å². The molecule has 0 amide bonds. The number of carboxylic acid groups (broad SMARTS) is 4. The van der Waals surface area contributed by atoms with Gasteiger partial charge < -0.3 is 36.5 Å². The van der Waals surface area contributed by atoms with Crippen LogP contribution < -0.4 is 11.3 Å². The van der Waals surface area contributed by atoms with Gasteiger partial charge in [-0.25, -0.2) is 14.4 Å². The maximum absolute atomic E-state index is 11.1. The molecule has 0 bridgehead atoms. The molecule has 0 aromatic carbocycles. The molecule has 0 saturated heterocycles. The third kappa shape index (κ3) is 13.0. The third-order valence-corrected chi connectivity index (χ3v) is 2.69. The van der Waals surface area contributed by atoms with Crippen LogP contribution in [-0.4, -0.2) is 170 Å². The first-order valence-corrected chi connectivity index (χ1v) is 5.47. The van der Waals surface area contributed by atoms with E-state index in [-0.39, 0.29) is 94.8 Å². The van der Waals surface area contributed by atoms with Crippen LogP contribution in [0.4, 0.5) is 0 Å². The molecule has 0 spiro atoms. The second kappa shape index (κ2) is 17.2. The molecule has 11 nitrogen and oxygen atoms in total. The summed E-state index contributed by atoms with van der Waals surface area (Å²) in [4.78, 5) is 43.6. The first-order valence-electron chi connectivity index (χ1n) is 5.47. The number of aliphatic hydroxyl groups excluding tert-OH is 1. The van der Waals surface area contributed by atoms with Crippen LogP contribution >= 0.6 is 0 Å². The van der Waals surface area contributed by atoms with Crippen molar-refractivity contribution in [2.75, 3.05) is 26.2 Å². The number of carbonyl (C=O) groups is 4. The monoisotopic (exact) mass is 382 g/mol. The second-order valence-corrected chi connectivity index (χ2v) is 4.22. The molecule has 7 N–H and O–H groups in total. The molecule has 1 atom stereocenters. The number of hydrogen-bond acceptors (Lipinski definition) is 7. The van der Waals surface area contributed by atoms with Gasteiger partial charge in [-0.3, -0.25) is 4.48 Å². The molecule has 0 heterocycles. The summed E-state index contributed by atoms with van der Waals surface area (Å²) in [5.41, 5.74) is 0. The fourth-order valence-corrected chi connectivity index (χ4v) is 2.04. The summed E-state index contributed by atoms with van der Waals surface area (Å²) >= 11 is 0. The SMILES string of the molecule is N.O=C(O)C[N+](CC(=O)O)(CC(=O)O)C(CCO)C(=O)[O-].[NaH].[NaH].[NaH]. The van der Waals surface area contributed by atoms with Gasteiger partial charge in [-0.05, 0) is 0 Å². The Morgan fingerprint density at radius 1 is 0.833 bits per heavy atom. The Labute approximate surface area is 204 Å². The number of aliphatic hydroxyl groups is 1. The summed E-state index contributed by atoms with van der Waals surface area (Å²) in [5.74, 6) is -6.49. The quantitative estimate of drug-likeness (QED) is 0.179. The average Bonchev–Trinajstić information content (AvgIpc) is 2.21. The zero-order chi connectivity index (χ0) is 15.9. The van der Waals surface area contributed by atoms with Crippen molar-refractivity contribution in [2.24, 2.45) is 0 Å². The van der Waals surface area contributed by atoms with Crippen LogP contribution in [0.3, 0.4) is 0 Å². The molecule has 128 valence electrons. The van der Waals surface area contributed by atoms with Crippen LogP contribution in [0.1, 0.15) is 6.42 Å². The van der Waals surface area contributed by atoms with Crippen molar-refractivity contribution < 1.29 is 49.2 Å². The number of aliphatic carboxylic acids is 4. The Hall–Kier alpha value is 0.760. The number of rotatable bonds is 10. The van der Waals surface area contributed by atoms with E-state index in [2.05, 4.69) is 0 Å². The number of nitrogens with zero attached hydrogens (tertiary/aromatic N) is 1. The molecule has 0 fully saturated rings. The Kier molecular flexibility index (Phi) is 25.6. The van der Waals surface area contributed by atoms with Crippen molar-refractivity contribution in [3.05, 3.63) is 0 Å². The normalized spacial score (nSPS) is 10.5. The van der Waals surface area contributed by atoms with E-state index in [1.165, 1.54) is 0 Å². The van der Waals surface area contributed by atoms with Gasteiger partial charge in [-0.2, -0.15) is 0 Å². The van der Waals surface area contributed by atoms with Crippen molar-refractivity contribution in [3.8, 4) is 0 Å². The van der Waals surface area contributed by atoms with E-state index in [4.69, 9.17) is 20.4 Å². The van der Waals surface area contributed by atoms with E-state index in [1.807, 2.05) is 0 Å². The molecule has 0 aromatic rings. The van der Waals surface area contributed by atoms with Crippen molar-refractivity contribution in [2.45, 2.75) is 12.5 Å². The molecule has 0 aliphatic heterocycles. The Morgan fingerprint density at radius 2 is 1.12 bits per heavy atom. The van der Waals surface area contributed by atoms with Gasteiger partial charge >= 0.3 is 107 Å². The molecule has 0 aliphatic rings. The minimum atomic E-state index is -1.82. The minimum absolute atomic E-state index is 0. The zero-order valence-corrected chi connectivity index (χ0v) is 11.1. The predicted octanol–water partition coefficient (Wildman–Crippen LogP) is -5.23. The molecule has 0 aromatic heterocycles. The van der Waals surface area contributed by atoms with Crippen LogP contribution in [0.25, 0.3) is 0 Å². The van der Waals surface area contributed by atoms with Gasteiger partial charge in [0.2, 0.25) is 0 Å². The van der Waals surface area contributed by atoms with Gasteiger partial charge in [-0.1, -0.05) is 0 Å². The molecular formula is C10H21N2Na3O9. The van der Waals surface area contributed by atoms with Crippen molar-refractivity contribution in [1.82, 2.24) is 6.15 Å². The summed E-state index contributed by atoms with van der Waals surface area (Å²) in [6.07, 6.45) is -0.518. The van der Waals surface area contributed by atoms with Crippen LogP contribution in [0.15, 0.2) is 0 Å². The fraction of sp³-hybridized carbons (Fsp3) is 0.600. The van der Waals surface area contributed by atoms with Crippen LogP contribution in [0, 0.1) is 0 Å². The van der Waals surface area contributed by atoms with Crippen molar-refractivity contribution in [3.63, 3.8) is 0 Å². The van der Waals surface area contributed by atoms with Crippen molar-refractivity contribution >= 4 is 113 Å². The van der Waals surface area contributed by atoms with E-state index in [0.29, 0.717) is 0 Å². The summed E-state index contributed by atoms with van der Waals surface area (Å²) in [5, 5.41) is 46.3. The molecule has 24 heavy (non-hydrogen) atoms. The molecule has 0 rings (SSSR count). The molecule has 0 aliphatic carbocycles. The maximum atomic E-state index is 11.1. The van der Waals surface area contributed by atoms with Crippen LogP contribution in [0.2, 0.25) is 0 Å². The van der Waals surface area contributed by atoms with E-state index in [1.54, 1.807) is 0 Å². The van der Waals surface area contributed by atoms with E-state index >= 15 is 0 Å². The number of hydrogen-bond donors (Lipinski definition) is 5. The Balaban J connectivity index is -0.000000301. The topological polar surface area (TPSA) is 207 Å². The standard InChI is InChI=1S/C10H15NO9.H3N.3Na.3H/c12-2-1-6(10(19)20)11(3-7(13)14,4-8(15)16)5-9(17)18;;;;;;;/h6,12H,1-5H2,(H3-,13,14,15,16,17,18,19,20);1H3;;;;;;. The molecule has 0 radical (unpaired) electrons. The van der Waals surface area contributed by atoms with Gasteiger partial charge in [0, 0.05) is 13.0 Å². The zero-order valence-electron chi connectivity index (χ0n) is 11.1. The molecule has 0 saturated carbocycles. The van der Waals surface area contributed by atoms with E-state index in [0.717, 1.165) is 0 Å². The number of quaternary nitrogens is 1. The number of carboxylic acids is 4. The summed E-state index contributed by atoms with van der Waals surface area (Å²) in [6, 6.07) is -1.76. The third-order valence-electron chi connectivity index (χ3n) is 2.69. The number of carbonyl (C=O) groups excluding carboxylic acids is 1. The van der Waals surface area contributed by atoms with E-state index in [9.17, 15) is 24.3 Å². The fourth-order valence-electron chi connectivity index (χ4n) is 2.04. The molecular weight excluding hydrogens is 361 g/mol. The average molecular weight is 382 g/mol. The molecule has 1 unspecified atom stereocenters. The first-order chi connectivity index (χ1) is 9.14. The van der Waals surface area contributed by atoms with Gasteiger partial charge in [0.15, 0.2) is 19.6 Å².